The molecule has 0 spiro atoms. The number of nitrogens with zero attached hydrogens (tertiary/aromatic N) is 1. The molecule has 15 heavy (non-hydrogen) atoms. The van der Waals surface area contributed by atoms with Gasteiger partial charge in [-0.3, -0.25) is 4.98 Å². The second-order valence-corrected chi connectivity index (χ2v) is 4.27. The van der Waals surface area contributed by atoms with Gasteiger partial charge in [0.25, 0.3) is 0 Å². The first kappa shape index (κ1) is 12.1. The molecule has 0 aliphatic carbocycles. The van der Waals surface area contributed by atoms with Crippen LogP contribution in [0.1, 0.15) is 25.5 Å². The zero-order valence-corrected chi connectivity index (χ0v) is 9.77. The summed E-state index contributed by atoms with van der Waals surface area (Å²) < 4.78 is 0. The Morgan fingerprint density at radius 3 is 2.40 bits per heavy atom. The van der Waals surface area contributed by atoms with E-state index in [0.717, 1.165) is 6.54 Å². The van der Waals surface area contributed by atoms with Crippen molar-refractivity contribution in [2.45, 2.75) is 19.9 Å². The van der Waals surface area contributed by atoms with Crippen molar-refractivity contribution in [3.63, 3.8) is 0 Å². The minimum absolute atomic E-state index is 0.0837. The fraction of sp³-hybridized carbons (Fsp3) is 0.583. The Morgan fingerprint density at radius 1 is 1.33 bits per heavy atom. The highest BCUT2D eigenvalue weighted by Crippen LogP contribution is 2.24. The molecule has 1 rings (SSSR count). The normalized spacial score (nSPS) is 15.3. The lowest BCUT2D eigenvalue weighted by atomic mass is 9.85. The highest BCUT2D eigenvalue weighted by atomic mass is 14.8. The van der Waals surface area contributed by atoms with E-state index in [-0.39, 0.29) is 6.04 Å². The molecular formula is C12H21N3. The molecule has 0 amide bonds. The van der Waals surface area contributed by atoms with Gasteiger partial charge in [-0.25, -0.2) is 0 Å². The molecule has 0 aromatic carbocycles. The fourth-order valence-electron chi connectivity index (χ4n) is 1.85. The van der Waals surface area contributed by atoms with Crippen LogP contribution in [0.3, 0.4) is 0 Å². The molecule has 84 valence electrons. The second kappa shape index (κ2) is 5.83. The first-order valence-corrected chi connectivity index (χ1v) is 5.47. The van der Waals surface area contributed by atoms with Crippen LogP contribution in [0.15, 0.2) is 24.5 Å². The Hall–Kier alpha value is -0.930. The molecule has 2 unspecified atom stereocenters. The molecule has 0 saturated carbocycles. The molecule has 1 aromatic rings. The maximum atomic E-state index is 6.26. The van der Waals surface area contributed by atoms with Crippen molar-refractivity contribution >= 4 is 0 Å². The lowest BCUT2D eigenvalue weighted by Crippen LogP contribution is -2.33. The Bertz CT molecular complexity index is 271. The average Bonchev–Trinajstić information content (AvgIpc) is 2.26. The molecule has 1 heterocycles. The third kappa shape index (κ3) is 3.29. The molecule has 0 bridgehead atoms. The minimum Gasteiger partial charge on any atom is -0.324 e. The number of nitrogens with one attached hydrogen (secondary N) is 1. The molecular weight excluding hydrogens is 186 g/mol. The van der Waals surface area contributed by atoms with Gasteiger partial charge in [-0.05, 0) is 43.1 Å². The molecule has 0 saturated heterocycles. The first-order valence-electron chi connectivity index (χ1n) is 5.47. The van der Waals surface area contributed by atoms with Crippen LogP contribution in [0.2, 0.25) is 0 Å². The summed E-state index contributed by atoms with van der Waals surface area (Å²) in [5.74, 6) is 1.03. The average molecular weight is 207 g/mol. The van der Waals surface area contributed by atoms with E-state index in [2.05, 4.69) is 24.1 Å². The van der Waals surface area contributed by atoms with Gasteiger partial charge >= 0.3 is 0 Å². The third-order valence-electron chi connectivity index (χ3n) is 2.85. The smallest absolute Gasteiger partial charge is 0.0339 e. The summed E-state index contributed by atoms with van der Waals surface area (Å²) in [6.07, 6.45) is 3.60. The van der Waals surface area contributed by atoms with Crippen LogP contribution < -0.4 is 11.1 Å². The number of aromatic nitrogens is 1. The van der Waals surface area contributed by atoms with E-state index in [0.29, 0.717) is 11.8 Å². The van der Waals surface area contributed by atoms with Crippen LogP contribution in [0.25, 0.3) is 0 Å². The Morgan fingerprint density at radius 2 is 1.93 bits per heavy atom. The van der Waals surface area contributed by atoms with Crippen molar-refractivity contribution in [2.24, 2.45) is 17.6 Å². The molecule has 3 N–H and O–H groups in total. The van der Waals surface area contributed by atoms with Gasteiger partial charge in [-0.1, -0.05) is 13.8 Å². The number of pyridine rings is 1. The van der Waals surface area contributed by atoms with Gasteiger partial charge in [-0.2, -0.15) is 0 Å². The van der Waals surface area contributed by atoms with Crippen molar-refractivity contribution in [3.05, 3.63) is 30.1 Å². The largest absolute Gasteiger partial charge is 0.324 e. The molecule has 0 radical (unpaired) electrons. The van der Waals surface area contributed by atoms with Crippen LogP contribution in [-0.2, 0) is 0 Å². The Balaban J connectivity index is 2.76. The third-order valence-corrected chi connectivity index (χ3v) is 2.85. The Labute approximate surface area is 92.1 Å². The molecule has 0 aliphatic heterocycles. The van der Waals surface area contributed by atoms with E-state index >= 15 is 0 Å². The quantitative estimate of drug-likeness (QED) is 0.770. The van der Waals surface area contributed by atoms with Crippen molar-refractivity contribution < 1.29 is 0 Å². The predicted octanol–water partition coefficient (Wildman–Crippen LogP) is 1.57. The SMILES string of the molecule is CNCC(C(C)C)C(N)c1ccncc1. The number of nitrogens with two attached hydrogens (primary N) is 1. The molecule has 3 nitrogen and oxygen atoms in total. The number of hydrogen-bond donors (Lipinski definition) is 2. The summed E-state index contributed by atoms with van der Waals surface area (Å²) in [5, 5.41) is 3.20. The van der Waals surface area contributed by atoms with Crippen molar-refractivity contribution in [1.29, 1.82) is 0 Å². The maximum Gasteiger partial charge on any atom is 0.0339 e. The lowest BCUT2D eigenvalue weighted by molar-refractivity contribution is 0.314. The minimum atomic E-state index is 0.0837. The highest BCUT2D eigenvalue weighted by Gasteiger charge is 2.21. The van der Waals surface area contributed by atoms with Gasteiger partial charge < -0.3 is 11.1 Å². The summed E-state index contributed by atoms with van der Waals surface area (Å²) in [6, 6.07) is 4.08. The van der Waals surface area contributed by atoms with Gasteiger partial charge in [0.15, 0.2) is 0 Å². The van der Waals surface area contributed by atoms with Crippen molar-refractivity contribution in [2.75, 3.05) is 13.6 Å². The van der Waals surface area contributed by atoms with Crippen LogP contribution in [0.4, 0.5) is 0 Å². The van der Waals surface area contributed by atoms with Gasteiger partial charge in [0, 0.05) is 18.4 Å². The molecule has 0 aliphatic rings. The maximum absolute atomic E-state index is 6.26. The highest BCUT2D eigenvalue weighted by molar-refractivity contribution is 5.15. The van der Waals surface area contributed by atoms with E-state index < -0.39 is 0 Å². The Kier molecular flexibility index (Phi) is 4.72. The lowest BCUT2D eigenvalue weighted by Gasteiger charge is -2.27. The van der Waals surface area contributed by atoms with Crippen molar-refractivity contribution in [1.82, 2.24) is 10.3 Å². The predicted molar refractivity (Wildman–Crippen MR) is 63.4 cm³/mol. The zero-order chi connectivity index (χ0) is 11.3. The van der Waals surface area contributed by atoms with Crippen LogP contribution in [0, 0.1) is 11.8 Å². The van der Waals surface area contributed by atoms with Crippen LogP contribution >= 0.6 is 0 Å². The first-order chi connectivity index (χ1) is 7.16. The van der Waals surface area contributed by atoms with Gasteiger partial charge in [0.1, 0.15) is 0 Å². The van der Waals surface area contributed by atoms with Gasteiger partial charge in [0.05, 0.1) is 0 Å². The molecule has 2 atom stereocenters. The molecule has 3 heteroatoms. The van der Waals surface area contributed by atoms with Gasteiger partial charge in [-0.15, -0.1) is 0 Å². The zero-order valence-electron chi connectivity index (χ0n) is 9.77. The summed E-state index contributed by atoms with van der Waals surface area (Å²) in [7, 11) is 1.97. The van der Waals surface area contributed by atoms with E-state index in [1.54, 1.807) is 12.4 Å². The van der Waals surface area contributed by atoms with Crippen molar-refractivity contribution in [3.8, 4) is 0 Å². The fourth-order valence-corrected chi connectivity index (χ4v) is 1.85. The summed E-state index contributed by atoms with van der Waals surface area (Å²) in [4.78, 5) is 4.01. The number of hydrogen-bond acceptors (Lipinski definition) is 3. The molecule has 1 aromatic heterocycles. The van der Waals surface area contributed by atoms with Gasteiger partial charge in [0.2, 0.25) is 0 Å². The summed E-state index contributed by atoms with van der Waals surface area (Å²) in [5.41, 5.74) is 7.42. The number of rotatable bonds is 5. The van der Waals surface area contributed by atoms with E-state index in [4.69, 9.17) is 5.73 Å². The van der Waals surface area contributed by atoms with E-state index in [1.165, 1.54) is 5.56 Å². The van der Waals surface area contributed by atoms with E-state index in [1.807, 2.05) is 19.2 Å². The standard InChI is InChI=1S/C12H21N3/c1-9(2)11(8-14-3)12(13)10-4-6-15-7-5-10/h4-7,9,11-12,14H,8,13H2,1-3H3. The second-order valence-electron chi connectivity index (χ2n) is 4.27. The topological polar surface area (TPSA) is 50.9 Å². The summed E-state index contributed by atoms with van der Waals surface area (Å²) in [6.45, 7) is 5.37. The molecule has 0 fully saturated rings. The van der Waals surface area contributed by atoms with E-state index in [9.17, 15) is 0 Å². The van der Waals surface area contributed by atoms with Crippen LogP contribution in [0.5, 0.6) is 0 Å². The van der Waals surface area contributed by atoms with Crippen LogP contribution in [-0.4, -0.2) is 18.6 Å². The summed E-state index contributed by atoms with van der Waals surface area (Å²) >= 11 is 0. The monoisotopic (exact) mass is 207 g/mol.